The third kappa shape index (κ3) is 2.37. The second kappa shape index (κ2) is 4.96. The van der Waals surface area contributed by atoms with E-state index in [1.165, 1.54) is 0 Å². The molecule has 1 N–H and O–H groups in total. The van der Waals surface area contributed by atoms with Gasteiger partial charge in [0.05, 0.1) is 9.89 Å². The Hall–Kier alpha value is -0.360. The van der Waals surface area contributed by atoms with E-state index in [4.69, 9.17) is 4.74 Å². The van der Waals surface area contributed by atoms with E-state index in [1.54, 1.807) is 11.3 Å². The van der Waals surface area contributed by atoms with Crippen LogP contribution < -0.4 is 4.74 Å². The predicted molar refractivity (Wildman–Crippen MR) is 79.1 cm³/mol. The van der Waals surface area contributed by atoms with Gasteiger partial charge in [-0.15, -0.1) is 11.3 Å². The van der Waals surface area contributed by atoms with Gasteiger partial charge in [-0.25, -0.2) is 0 Å². The molecule has 2 nitrogen and oxygen atoms in total. The van der Waals surface area contributed by atoms with Crippen LogP contribution in [-0.2, 0) is 0 Å². The van der Waals surface area contributed by atoms with Gasteiger partial charge < -0.3 is 9.84 Å². The number of halogens is 2. The summed E-state index contributed by atoms with van der Waals surface area (Å²) in [5, 5.41) is 10.2. The molecule has 1 unspecified atom stereocenters. The fraction of sp³-hybridized carbons (Fsp3) is 0.231. The first-order valence-corrected chi connectivity index (χ1v) is 7.93. The van der Waals surface area contributed by atoms with Gasteiger partial charge in [0, 0.05) is 21.3 Å². The van der Waals surface area contributed by atoms with Crippen LogP contribution in [0.1, 0.15) is 29.1 Å². The standard InChI is InChI=1S/C13H10Br2O2S/c14-7-1-2-10-8(5-7)9(16)6-11(17-10)12-3-4-13(15)18-12/h1-5,9,11,16H,6H2/t9-,11?/m1/s1. The summed E-state index contributed by atoms with van der Waals surface area (Å²) >= 11 is 8.51. The van der Waals surface area contributed by atoms with E-state index >= 15 is 0 Å². The van der Waals surface area contributed by atoms with Crippen LogP contribution in [0, 0.1) is 0 Å². The van der Waals surface area contributed by atoms with Gasteiger partial charge in [0.15, 0.2) is 0 Å². The van der Waals surface area contributed by atoms with E-state index in [-0.39, 0.29) is 6.10 Å². The van der Waals surface area contributed by atoms with Crippen molar-refractivity contribution in [2.45, 2.75) is 18.6 Å². The molecule has 0 saturated carbocycles. The predicted octanol–water partition coefficient (Wildman–Crippen LogP) is 4.83. The lowest BCUT2D eigenvalue weighted by molar-refractivity contribution is 0.0674. The van der Waals surface area contributed by atoms with E-state index in [1.807, 2.05) is 30.3 Å². The largest absolute Gasteiger partial charge is 0.484 e. The molecule has 0 saturated heterocycles. The molecule has 2 heterocycles. The average molecular weight is 390 g/mol. The summed E-state index contributed by atoms with van der Waals surface area (Å²) in [6, 6.07) is 9.79. The Balaban J connectivity index is 1.94. The molecule has 0 bridgehead atoms. The SMILES string of the molecule is O[C@@H]1CC(c2ccc(Br)s2)Oc2ccc(Br)cc21. The molecule has 1 aromatic heterocycles. The number of hydrogen-bond donors (Lipinski definition) is 1. The maximum absolute atomic E-state index is 10.2. The first kappa shape index (κ1) is 12.7. The highest BCUT2D eigenvalue weighted by molar-refractivity contribution is 9.11. The zero-order valence-electron chi connectivity index (χ0n) is 9.27. The van der Waals surface area contributed by atoms with Crippen LogP contribution in [0.25, 0.3) is 0 Å². The first-order valence-electron chi connectivity index (χ1n) is 5.53. The summed E-state index contributed by atoms with van der Waals surface area (Å²) < 4.78 is 8.01. The van der Waals surface area contributed by atoms with Crippen molar-refractivity contribution in [1.29, 1.82) is 0 Å². The van der Waals surface area contributed by atoms with E-state index in [0.29, 0.717) is 6.42 Å². The highest BCUT2D eigenvalue weighted by Gasteiger charge is 2.28. The molecule has 1 aliphatic rings. The third-order valence-electron chi connectivity index (χ3n) is 2.95. The van der Waals surface area contributed by atoms with Crippen molar-refractivity contribution in [2.24, 2.45) is 0 Å². The third-order valence-corrected chi connectivity index (χ3v) is 5.16. The highest BCUT2D eigenvalue weighted by atomic mass is 79.9. The molecular formula is C13H10Br2O2S. The number of benzene rings is 1. The van der Waals surface area contributed by atoms with Crippen molar-refractivity contribution < 1.29 is 9.84 Å². The van der Waals surface area contributed by atoms with E-state index < -0.39 is 6.10 Å². The number of hydrogen-bond acceptors (Lipinski definition) is 3. The van der Waals surface area contributed by atoms with Crippen molar-refractivity contribution in [3.05, 3.63) is 49.0 Å². The van der Waals surface area contributed by atoms with Crippen molar-refractivity contribution in [3.8, 4) is 5.75 Å². The van der Waals surface area contributed by atoms with Gasteiger partial charge in [0.2, 0.25) is 0 Å². The lowest BCUT2D eigenvalue weighted by Crippen LogP contribution is -2.18. The Bertz CT molecular complexity index is 582. The molecule has 2 aromatic rings. The molecule has 2 atom stereocenters. The van der Waals surface area contributed by atoms with Gasteiger partial charge in [-0.2, -0.15) is 0 Å². The smallest absolute Gasteiger partial charge is 0.136 e. The van der Waals surface area contributed by atoms with Crippen LogP contribution in [-0.4, -0.2) is 5.11 Å². The topological polar surface area (TPSA) is 29.5 Å². The quantitative estimate of drug-likeness (QED) is 0.756. The lowest BCUT2D eigenvalue weighted by Gasteiger charge is -2.29. The molecule has 1 aliphatic heterocycles. The molecule has 0 aliphatic carbocycles. The molecule has 0 fully saturated rings. The summed E-state index contributed by atoms with van der Waals surface area (Å²) in [6.07, 6.45) is 0.0539. The Labute approximate surface area is 126 Å². The molecule has 5 heteroatoms. The van der Waals surface area contributed by atoms with Crippen molar-refractivity contribution in [3.63, 3.8) is 0 Å². The normalized spacial score (nSPS) is 22.4. The van der Waals surface area contributed by atoms with Crippen LogP contribution in [0.5, 0.6) is 5.75 Å². The maximum Gasteiger partial charge on any atom is 0.136 e. The van der Waals surface area contributed by atoms with Gasteiger partial charge in [-0.3, -0.25) is 0 Å². The molecule has 94 valence electrons. The number of ether oxygens (including phenoxy) is 1. The van der Waals surface area contributed by atoms with Gasteiger partial charge in [0.1, 0.15) is 11.9 Å². The fourth-order valence-corrected chi connectivity index (χ4v) is 3.94. The van der Waals surface area contributed by atoms with Crippen LogP contribution in [0.3, 0.4) is 0 Å². The van der Waals surface area contributed by atoms with E-state index in [9.17, 15) is 5.11 Å². The number of thiophene rings is 1. The molecular weight excluding hydrogens is 380 g/mol. The minimum absolute atomic E-state index is 0.0648. The molecule has 18 heavy (non-hydrogen) atoms. The Kier molecular flexibility index (Phi) is 3.49. The lowest BCUT2D eigenvalue weighted by atomic mass is 9.98. The minimum atomic E-state index is -0.475. The number of aliphatic hydroxyl groups is 1. The minimum Gasteiger partial charge on any atom is -0.484 e. The van der Waals surface area contributed by atoms with Crippen LogP contribution >= 0.6 is 43.2 Å². The maximum atomic E-state index is 10.2. The van der Waals surface area contributed by atoms with E-state index in [2.05, 4.69) is 31.9 Å². The Morgan fingerprint density at radius 1 is 1.22 bits per heavy atom. The van der Waals surface area contributed by atoms with E-state index in [0.717, 1.165) is 24.4 Å². The summed E-state index contributed by atoms with van der Waals surface area (Å²) in [7, 11) is 0. The highest BCUT2D eigenvalue weighted by Crippen LogP contribution is 2.43. The van der Waals surface area contributed by atoms with Gasteiger partial charge in [-0.1, -0.05) is 15.9 Å². The second-order valence-electron chi connectivity index (χ2n) is 4.18. The summed E-state index contributed by atoms with van der Waals surface area (Å²) in [5.41, 5.74) is 0.858. The van der Waals surface area contributed by atoms with Crippen LogP contribution in [0.4, 0.5) is 0 Å². The molecule has 0 radical (unpaired) electrons. The zero-order valence-corrected chi connectivity index (χ0v) is 13.3. The van der Waals surface area contributed by atoms with Gasteiger partial charge >= 0.3 is 0 Å². The van der Waals surface area contributed by atoms with Gasteiger partial charge in [0.25, 0.3) is 0 Å². The summed E-state index contributed by atoms with van der Waals surface area (Å²) in [5.74, 6) is 0.770. The number of fused-ring (bicyclic) bond motifs is 1. The number of rotatable bonds is 1. The summed E-state index contributed by atoms with van der Waals surface area (Å²) in [4.78, 5) is 1.13. The Morgan fingerprint density at radius 3 is 2.78 bits per heavy atom. The first-order chi connectivity index (χ1) is 8.63. The molecule has 3 rings (SSSR count). The fourth-order valence-electron chi connectivity index (χ4n) is 2.09. The Morgan fingerprint density at radius 2 is 2.06 bits per heavy atom. The van der Waals surface area contributed by atoms with Crippen molar-refractivity contribution in [1.82, 2.24) is 0 Å². The molecule has 0 spiro atoms. The average Bonchev–Trinajstić information content (AvgIpc) is 2.77. The number of aliphatic hydroxyl groups excluding tert-OH is 1. The van der Waals surface area contributed by atoms with Crippen LogP contribution in [0.15, 0.2) is 38.6 Å². The monoisotopic (exact) mass is 388 g/mol. The summed E-state index contributed by atoms with van der Waals surface area (Å²) in [6.45, 7) is 0. The van der Waals surface area contributed by atoms with Crippen LogP contribution in [0.2, 0.25) is 0 Å². The van der Waals surface area contributed by atoms with Gasteiger partial charge in [-0.05, 0) is 46.3 Å². The zero-order chi connectivity index (χ0) is 12.7. The second-order valence-corrected chi connectivity index (χ2v) is 7.59. The van der Waals surface area contributed by atoms with Crippen molar-refractivity contribution >= 4 is 43.2 Å². The molecule has 0 amide bonds. The van der Waals surface area contributed by atoms with Crippen molar-refractivity contribution in [2.75, 3.05) is 0 Å². The molecule has 1 aromatic carbocycles.